The van der Waals surface area contributed by atoms with Crippen LogP contribution in [-0.2, 0) is 17.6 Å². The highest BCUT2D eigenvalue weighted by atomic mass is 16.4. The van der Waals surface area contributed by atoms with Crippen LogP contribution in [0.15, 0.2) is 12.1 Å². The molecule has 3 N–H and O–H groups in total. The van der Waals surface area contributed by atoms with Crippen molar-refractivity contribution in [2.45, 2.75) is 38.6 Å². The Morgan fingerprint density at radius 2 is 1.95 bits per heavy atom. The number of phenols is 1. The number of benzene rings is 1. The lowest BCUT2D eigenvalue weighted by molar-refractivity contribution is -0.138. The lowest BCUT2D eigenvalue weighted by atomic mass is 9.89. The number of aliphatic carboxylic acids is 1. The number of hydrogen-bond donors (Lipinski definition) is 3. The van der Waals surface area contributed by atoms with Crippen molar-refractivity contribution >= 4 is 11.9 Å². The predicted octanol–water partition coefficient (Wildman–Crippen LogP) is 1.47. The molecular formula is C14H17NO4. The van der Waals surface area contributed by atoms with Crippen LogP contribution in [0.4, 0.5) is 0 Å². The van der Waals surface area contributed by atoms with Gasteiger partial charge in [-0.15, -0.1) is 0 Å². The van der Waals surface area contributed by atoms with Gasteiger partial charge in [0.15, 0.2) is 0 Å². The van der Waals surface area contributed by atoms with Crippen molar-refractivity contribution in [2.75, 3.05) is 0 Å². The van der Waals surface area contributed by atoms with E-state index in [0.717, 1.165) is 36.8 Å². The van der Waals surface area contributed by atoms with Gasteiger partial charge >= 0.3 is 5.97 Å². The molecular weight excluding hydrogens is 246 g/mol. The summed E-state index contributed by atoms with van der Waals surface area (Å²) in [6.45, 7) is 1.38. The predicted molar refractivity (Wildman–Crippen MR) is 69.3 cm³/mol. The maximum Gasteiger partial charge on any atom is 0.325 e. The van der Waals surface area contributed by atoms with Crippen LogP contribution in [-0.4, -0.2) is 28.1 Å². The van der Waals surface area contributed by atoms with Gasteiger partial charge in [-0.25, -0.2) is 0 Å². The molecule has 0 fully saturated rings. The molecule has 0 unspecified atom stereocenters. The number of nitrogens with one attached hydrogen (secondary N) is 1. The molecule has 1 amide bonds. The zero-order chi connectivity index (χ0) is 14.0. The number of carbonyl (C=O) groups is 2. The molecule has 1 aliphatic rings. The average molecular weight is 263 g/mol. The Bertz CT molecular complexity index is 524. The molecule has 0 heterocycles. The van der Waals surface area contributed by atoms with E-state index in [1.165, 1.54) is 6.92 Å². The first-order valence-electron chi connectivity index (χ1n) is 6.38. The summed E-state index contributed by atoms with van der Waals surface area (Å²) >= 11 is 0. The van der Waals surface area contributed by atoms with Gasteiger partial charge in [-0.3, -0.25) is 9.59 Å². The standard InChI is InChI=1S/C14H17NO4/c1-8(14(18)19)15-13(17)11-7-6-9-4-2-3-5-10(9)12(11)16/h6-8,16H,2-5H2,1H3,(H,15,17)(H,18,19)/t8-/m1/s1. The van der Waals surface area contributed by atoms with E-state index in [1.807, 2.05) is 6.07 Å². The molecule has 0 spiro atoms. The third kappa shape index (κ3) is 2.70. The maximum atomic E-state index is 11.9. The zero-order valence-corrected chi connectivity index (χ0v) is 10.8. The summed E-state index contributed by atoms with van der Waals surface area (Å²) in [5.41, 5.74) is 2.04. The van der Waals surface area contributed by atoms with Crippen LogP contribution < -0.4 is 5.32 Å². The molecule has 1 aliphatic carbocycles. The molecule has 0 saturated heterocycles. The van der Waals surface area contributed by atoms with E-state index >= 15 is 0 Å². The highest BCUT2D eigenvalue weighted by Crippen LogP contribution is 2.31. The Morgan fingerprint density at radius 3 is 2.63 bits per heavy atom. The Labute approximate surface area is 111 Å². The molecule has 0 radical (unpaired) electrons. The van der Waals surface area contributed by atoms with E-state index < -0.39 is 17.9 Å². The molecule has 2 rings (SSSR count). The van der Waals surface area contributed by atoms with E-state index in [9.17, 15) is 14.7 Å². The van der Waals surface area contributed by atoms with Crippen LogP contribution >= 0.6 is 0 Å². The first kappa shape index (κ1) is 13.4. The summed E-state index contributed by atoms with van der Waals surface area (Å²) in [7, 11) is 0. The number of aryl methyl sites for hydroxylation is 1. The summed E-state index contributed by atoms with van der Waals surface area (Å²) in [5.74, 6) is -1.67. The van der Waals surface area contributed by atoms with Gasteiger partial charge in [0.1, 0.15) is 11.8 Å². The summed E-state index contributed by atoms with van der Waals surface area (Å²) in [6.07, 6.45) is 3.76. The van der Waals surface area contributed by atoms with Crippen molar-refractivity contribution in [1.82, 2.24) is 5.32 Å². The topological polar surface area (TPSA) is 86.6 Å². The fourth-order valence-electron chi connectivity index (χ4n) is 2.33. The van der Waals surface area contributed by atoms with E-state index in [2.05, 4.69) is 5.32 Å². The zero-order valence-electron chi connectivity index (χ0n) is 10.8. The van der Waals surface area contributed by atoms with E-state index in [0.29, 0.717) is 0 Å². The fourth-order valence-corrected chi connectivity index (χ4v) is 2.33. The molecule has 5 nitrogen and oxygen atoms in total. The fraction of sp³-hybridized carbons (Fsp3) is 0.429. The van der Waals surface area contributed by atoms with Crippen LogP contribution in [0.25, 0.3) is 0 Å². The Hall–Kier alpha value is -2.04. The van der Waals surface area contributed by atoms with Gasteiger partial charge in [0, 0.05) is 0 Å². The minimum Gasteiger partial charge on any atom is -0.507 e. The second-order valence-corrected chi connectivity index (χ2v) is 4.84. The largest absolute Gasteiger partial charge is 0.507 e. The molecule has 0 aliphatic heterocycles. The van der Waals surface area contributed by atoms with E-state index in [4.69, 9.17) is 5.11 Å². The molecule has 1 atom stereocenters. The van der Waals surface area contributed by atoms with Crippen LogP contribution in [0.1, 0.15) is 41.3 Å². The average Bonchev–Trinajstić information content (AvgIpc) is 2.39. The third-order valence-corrected chi connectivity index (χ3v) is 3.47. The molecule has 19 heavy (non-hydrogen) atoms. The van der Waals surface area contributed by atoms with Crippen molar-refractivity contribution in [1.29, 1.82) is 0 Å². The van der Waals surface area contributed by atoms with Crippen molar-refractivity contribution < 1.29 is 19.8 Å². The van der Waals surface area contributed by atoms with Crippen molar-refractivity contribution in [3.63, 3.8) is 0 Å². The Kier molecular flexibility index (Phi) is 3.74. The third-order valence-electron chi connectivity index (χ3n) is 3.47. The quantitative estimate of drug-likeness (QED) is 0.770. The minimum absolute atomic E-state index is 0.00714. The number of hydrogen-bond acceptors (Lipinski definition) is 3. The molecule has 0 saturated carbocycles. The number of rotatable bonds is 3. The Morgan fingerprint density at radius 1 is 1.26 bits per heavy atom. The molecule has 5 heteroatoms. The van der Waals surface area contributed by atoms with Gasteiger partial charge in [0.05, 0.1) is 5.56 Å². The van der Waals surface area contributed by atoms with Gasteiger partial charge in [-0.1, -0.05) is 6.07 Å². The molecule has 0 bridgehead atoms. The number of fused-ring (bicyclic) bond motifs is 1. The van der Waals surface area contributed by atoms with E-state index in [-0.39, 0.29) is 11.3 Å². The van der Waals surface area contributed by atoms with Crippen LogP contribution in [0.3, 0.4) is 0 Å². The van der Waals surface area contributed by atoms with Gasteiger partial charge in [0.2, 0.25) is 0 Å². The summed E-state index contributed by atoms with van der Waals surface area (Å²) < 4.78 is 0. The minimum atomic E-state index is -1.11. The number of carboxylic acid groups (broad SMARTS) is 1. The van der Waals surface area contributed by atoms with Gasteiger partial charge in [0.25, 0.3) is 5.91 Å². The lowest BCUT2D eigenvalue weighted by Crippen LogP contribution is -2.38. The first-order valence-corrected chi connectivity index (χ1v) is 6.38. The smallest absolute Gasteiger partial charge is 0.325 e. The number of aromatic hydroxyl groups is 1. The molecule has 1 aromatic carbocycles. The summed E-state index contributed by atoms with van der Waals surface area (Å²) in [5, 5.41) is 21.3. The molecule has 102 valence electrons. The number of amides is 1. The number of carboxylic acids is 1. The maximum absolute atomic E-state index is 11.9. The summed E-state index contributed by atoms with van der Waals surface area (Å²) in [4.78, 5) is 22.6. The SMILES string of the molecule is C[C@@H](NC(=O)c1ccc2c(c1O)CCCC2)C(=O)O. The van der Waals surface area contributed by atoms with Crippen LogP contribution in [0, 0.1) is 0 Å². The first-order chi connectivity index (χ1) is 9.00. The van der Waals surface area contributed by atoms with E-state index in [1.54, 1.807) is 6.07 Å². The number of carbonyl (C=O) groups excluding carboxylic acids is 1. The van der Waals surface area contributed by atoms with Crippen molar-refractivity contribution in [3.05, 3.63) is 28.8 Å². The lowest BCUT2D eigenvalue weighted by Gasteiger charge is -2.19. The normalized spacial score (nSPS) is 15.4. The second-order valence-electron chi connectivity index (χ2n) is 4.84. The van der Waals surface area contributed by atoms with Crippen molar-refractivity contribution in [2.24, 2.45) is 0 Å². The Balaban J connectivity index is 2.25. The van der Waals surface area contributed by atoms with Crippen molar-refractivity contribution in [3.8, 4) is 5.75 Å². The van der Waals surface area contributed by atoms with Gasteiger partial charge in [-0.2, -0.15) is 0 Å². The second kappa shape index (κ2) is 5.30. The molecule has 1 aromatic rings. The van der Waals surface area contributed by atoms with Crippen LogP contribution in [0.2, 0.25) is 0 Å². The van der Waals surface area contributed by atoms with Gasteiger partial charge in [-0.05, 0) is 49.8 Å². The van der Waals surface area contributed by atoms with Gasteiger partial charge < -0.3 is 15.5 Å². The monoisotopic (exact) mass is 263 g/mol. The van der Waals surface area contributed by atoms with Crippen LogP contribution in [0.5, 0.6) is 5.75 Å². The highest BCUT2D eigenvalue weighted by Gasteiger charge is 2.22. The highest BCUT2D eigenvalue weighted by molar-refractivity contribution is 5.99. The molecule has 0 aromatic heterocycles. The summed E-state index contributed by atoms with van der Waals surface area (Å²) in [6, 6.07) is 2.42. The number of phenolic OH excluding ortho intramolecular Hbond substituents is 1.